The minimum absolute atomic E-state index is 0.00552. The molecule has 0 radical (unpaired) electrons. The van der Waals surface area contributed by atoms with Gasteiger partial charge in [-0.15, -0.1) is 0 Å². The molecule has 0 bridgehead atoms. The summed E-state index contributed by atoms with van der Waals surface area (Å²) in [5.74, 6) is 2.70. The predicted molar refractivity (Wildman–Crippen MR) is 54.6 cm³/mol. The van der Waals surface area contributed by atoms with Gasteiger partial charge in [-0.05, 0) is 12.1 Å². The fourth-order valence-corrected chi connectivity index (χ4v) is 1.05. The van der Waals surface area contributed by atoms with Crippen LogP contribution in [0.1, 0.15) is 15.9 Å². The molecule has 0 aromatic heterocycles. The number of methoxy groups -OCH3 is 1. The van der Waals surface area contributed by atoms with E-state index >= 15 is 0 Å². The van der Waals surface area contributed by atoms with Gasteiger partial charge in [-0.1, -0.05) is 5.92 Å². The molecule has 5 heteroatoms. The van der Waals surface area contributed by atoms with Gasteiger partial charge in [-0.25, -0.2) is 4.79 Å². The zero-order valence-electron chi connectivity index (χ0n) is 8.35. The minimum Gasteiger partial charge on any atom is -0.506 e. The lowest BCUT2D eigenvalue weighted by Crippen LogP contribution is -1.92. The first kappa shape index (κ1) is 11.6. The van der Waals surface area contributed by atoms with Crippen LogP contribution in [0.15, 0.2) is 12.1 Å². The molecule has 2 N–H and O–H groups in total. The van der Waals surface area contributed by atoms with Gasteiger partial charge in [-0.3, -0.25) is 4.79 Å². The van der Waals surface area contributed by atoms with E-state index in [1.165, 1.54) is 19.2 Å². The monoisotopic (exact) mass is 220 g/mol. The first-order valence-corrected chi connectivity index (χ1v) is 4.19. The predicted octanol–water partition coefficient (Wildman–Crippen LogP) is 0.649. The minimum atomic E-state index is -1.32. The fourth-order valence-electron chi connectivity index (χ4n) is 1.05. The van der Waals surface area contributed by atoms with Gasteiger partial charge < -0.3 is 14.9 Å². The molecule has 0 atom stereocenters. The van der Waals surface area contributed by atoms with Crippen molar-refractivity contribution in [2.45, 2.75) is 0 Å². The zero-order valence-corrected chi connectivity index (χ0v) is 8.35. The quantitative estimate of drug-likeness (QED) is 0.564. The van der Waals surface area contributed by atoms with E-state index < -0.39 is 5.97 Å². The topological polar surface area (TPSA) is 83.8 Å². The molecule has 0 saturated heterocycles. The number of rotatable bonds is 2. The summed E-state index contributed by atoms with van der Waals surface area (Å²) in [6, 6.07) is 2.67. The highest BCUT2D eigenvalue weighted by atomic mass is 16.5. The number of carbonyl (C=O) groups is 2. The van der Waals surface area contributed by atoms with Crippen LogP contribution in [-0.4, -0.2) is 29.6 Å². The number of hydrogen-bond donors (Lipinski definition) is 2. The first-order valence-electron chi connectivity index (χ1n) is 4.19. The van der Waals surface area contributed by atoms with Gasteiger partial charge in [0.25, 0.3) is 0 Å². The van der Waals surface area contributed by atoms with Crippen molar-refractivity contribution in [3.05, 3.63) is 23.3 Å². The number of benzene rings is 1. The Bertz CT molecular complexity index is 493. The van der Waals surface area contributed by atoms with Crippen LogP contribution in [0.4, 0.5) is 0 Å². The number of carboxylic acid groups (broad SMARTS) is 1. The van der Waals surface area contributed by atoms with Crippen molar-refractivity contribution in [3.63, 3.8) is 0 Å². The SMILES string of the molecule is COc1cc(C#CC(=O)O)c(O)c(C=O)c1. The maximum absolute atomic E-state index is 10.6. The van der Waals surface area contributed by atoms with Gasteiger partial charge >= 0.3 is 5.97 Å². The second kappa shape index (κ2) is 4.84. The van der Waals surface area contributed by atoms with Gasteiger partial charge in [0.1, 0.15) is 11.5 Å². The van der Waals surface area contributed by atoms with E-state index in [-0.39, 0.29) is 16.9 Å². The number of hydrogen-bond acceptors (Lipinski definition) is 4. The van der Waals surface area contributed by atoms with Crippen LogP contribution in [0.5, 0.6) is 11.5 Å². The van der Waals surface area contributed by atoms with Crippen LogP contribution < -0.4 is 4.74 Å². The van der Waals surface area contributed by atoms with Crippen molar-refractivity contribution in [1.82, 2.24) is 0 Å². The van der Waals surface area contributed by atoms with E-state index in [4.69, 9.17) is 9.84 Å². The summed E-state index contributed by atoms with van der Waals surface area (Å²) < 4.78 is 4.87. The lowest BCUT2D eigenvalue weighted by Gasteiger charge is -2.04. The molecule has 0 aliphatic carbocycles. The van der Waals surface area contributed by atoms with Crippen molar-refractivity contribution in [2.75, 3.05) is 7.11 Å². The highest BCUT2D eigenvalue weighted by Crippen LogP contribution is 2.26. The van der Waals surface area contributed by atoms with Crippen LogP contribution in [0.3, 0.4) is 0 Å². The van der Waals surface area contributed by atoms with Gasteiger partial charge in [0.15, 0.2) is 6.29 Å². The molecule has 0 unspecified atom stereocenters. The zero-order chi connectivity index (χ0) is 12.1. The molecule has 0 aliphatic heterocycles. The van der Waals surface area contributed by atoms with E-state index in [1.54, 1.807) is 0 Å². The van der Waals surface area contributed by atoms with Crippen molar-refractivity contribution in [3.8, 4) is 23.3 Å². The molecule has 16 heavy (non-hydrogen) atoms. The molecule has 0 amide bonds. The number of carbonyl (C=O) groups excluding carboxylic acids is 1. The molecule has 5 nitrogen and oxygen atoms in total. The summed E-state index contributed by atoms with van der Waals surface area (Å²) in [4.78, 5) is 20.8. The highest BCUT2D eigenvalue weighted by Gasteiger charge is 2.08. The third kappa shape index (κ3) is 2.51. The average molecular weight is 220 g/mol. The molecule has 0 spiro atoms. The smallest absolute Gasteiger partial charge is 0.382 e. The normalized spacial score (nSPS) is 8.81. The van der Waals surface area contributed by atoms with Gasteiger partial charge in [-0.2, -0.15) is 0 Å². The van der Waals surface area contributed by atoms with E-state index in [0.29, 0.717) is 12.0 Å². The fraction of sp³-hybridized carbons (Fsp3) is 0.0909. The van der Waals surface area contributed by atoms with E-state index in [9.17, 15) is 14.7 Å². The highest BCUT2D eigenvalue weighted by molar-refractivity contribution is 5.88. The number of ether oxygens (including phenoxy) is 1. The van der Waals surface area contributed by atoms with Gasteiger partial charge in [0, 0.05) is 5.92 Å². The van der Waals surface area contributed by atoms with Gasteiger partial charge in [0.2, 0.25) is 0 Å². The lowest BCUT2D eigenvalue weighted by atomic mass is 10.1. The maximum atomic E-state index is 10.6. The third-order valence-electron chi connectivity index (χ3n) is 1.78. The second-order valence-electron chi connectivity index (χ2n) is 2.79. The Morgan fingerprint density at radius 3 is 2.69 bits per heavy atom. The molecular formula is C11H8O5. The van der Waals surface area contributed by atoms with Crippen LogP contribution >= 0.6 is 0 Å². The standard InChI is InChI=1S/C11H8O5/c1-16-9-4-7(2-3-10(13)14)11(15)8(5-9)6-12/h4-6,15H,1H3,(H,13,14). The Kier molecular flexibility index (Phi) is 3.51. The molecule has 0 fully saturated rings. The molecule has 82 valence electrons. The Hall–Kier alpha value is -2.48. The molecular weight excluding hydrogens is 212 g/mol. The molecule has 0 aliphatic rings. The second-order valence-corrected chi connectivity index (χ2v) is 2.79. The van der Waals surface area contributed by atoms with Crippen LogP contribution in [-0.2, 0) is 4.79 Å². The maximum Gasteiger partial charge on any atom is 0.382 e. The van der Waals surface area contributed by atoms with Crippen molar-refractivity contribution >= 4 is 12.3 Å². The Labute approximate surface area is 91.3 Å². The summed E-state index contributed by atoms with van der Waals surface area (Å²) in [7, 11) is 1.38. The van der Waals surface area contributed by atoms with Gasteiger partial charge in [0.05, 0.1) is 18.2 Å². The van der Waals surface area contributed by atoms with E-state index in [0.717, 1.165) is 0 Å². The van der Waals surface area contributed by atoms with Crippen molar-refractivity contribution in [2.24, 2.45) is 0 Å². The number of aliphatic carboxylic acids is 1. The average Bonchev–Trinajstić information content (AvgIpc) is 2.27. The molecule has 0 saturated carbocycles. The van der Waals surface area contributed by atoms with Crippen molar-refractivity contribution < 1.29 is 24.5 Å². The summed E-state index contributed by atoms with van der Waals surface area (Å²) in [6.45, 7) is 0. The van der Waals surface area contributed by atoms with Crippen LogP contribution in [0.25, 0.3) is 0 Å². The molecule has 0 heterocycles. The summed E-state index contributed by atoms with van der Waals surface area (Å²) in [6.07, 6.45) is 0.434. The number of carboxylic acids is 1. The molecule has 1 rings (SSSR count). The van der Waals surface area contributed by atoms with Crippen LogP contribution in [0.2, 0.25) is 0 Å². The van der Waals surface area contributed by atoms with E-state index in [1.807, 2.05) is 5.92 Å². The van der Waals surface area contributed by atoms with Crippen molar-refractivity contribution in [1.29, 1.82) is 0 Å². The molecule has 1 aromatic rings. The lowest BCUT2D eigenvalue weighted by molar-refractivity contribution is -0.130. The van der Waals surface area contributed by atoms with E-state index in [2.05, 4.69) is 5.92 Å². The summed E-state index contributed by atoms with van der Waals surface area (Å²) >= 11 is 0. The summed E-state index contributed by atoms with van der Waals surface area (Å²) in [5.41, 5.74) is 0.0258. The number of aldehydes is 1. The van der Waals surface area contributed by atoms with Crippen LogP contribution in [0, 0.1) is 11.8 Å². The Morgan fingerprint density at radius 1 is 1.50 bits per heavy atom. The molecule has 1 aromatic carbocycles. The number of aromatic hydroxyl groups is 1. The number of phenols is 1. The largest absolute Gasteiger partial charge is 0.506 e. The first-order chi connectivity index (χ1) is 7.58. The number of phenolic OH excluding ortho intramolecular Hbond substituents is 1. The third-order valence-corrected chi connectivity index (χ3v) is 1.78. The Balaban J connectivity index is 3.33. The summed E-state index contributed by atoms with van der Waals surface area (Å²) in [5, 5.41) is 17.9. The Morgan fingerprint density at radius 2 is 2.19 bits per heavy atom.